The van der Waals surface area contributed by atoms with Crippen molar-refractivity contribution in [3.8, 4) is 0 Å². The summed E-state index contributed by atoms with van der Waals surface area (Å²) in [6, 6.07) is 0.136. The molecule has 0 aromatic rings. The highest BCUT2D eigenvalue weighted by atomic mass is 16.7. The number of nitrogens with two attached hydrogens (primary N) is 1. The Kier molecular flexibility index (Phi) is 4.86. The molecule has 5 nitrogen and oxygen atoms in total. The number of rotatable bonds is 4. The third kappa shape index (κ3) is 3.61. The maximum Gasteiger partial charge on any atom is 0.246 e. The van der Waals surface area contributed by atoms with Crippen LogP contribution in [0, 0.1) is 5.92 Å². The lowest BCUT2D eigenvalue weighted by Gasteiger charge is -2.25. The van der Waals surface area contributed by atoms with Gasteiger partial charge in [0.05, 0.1) is 13.2 Å². The number of carbonyl (C=O) groups is 1. The van der Waals surface area contributed by atoms with Gasteiger partial charge in [0.15, 0.2) is 0 Å². The molecular weight excluding hydrogens is 184 g/mol. The quantitative estimate of drug-likeness (QED) is 0.425. The number of carbonyl (C=O) groups excluding carboxylic acids is 1. The monoisotopic (exact) mass is 202 g/mol. The topological polar surface area (TPSA) is 84.6 Å². The van der Waals surface area contributed by atoms with Crippen molar-refractivity contribution in [2.45, 2.75) is 31.7 Å². The summed E-state index contributed by atoms with van der Waals surface area (Å²) in [7, 11) is 0. The molecule has 5 heteroatoms. The summed E-state index contributed by atoms with van der Waals surface area (Å²) in [4.78, 5) is 16.2. The molecule has 4 N–H and O–H groups in total. The molecule has 1 rings (SSSR count). The second-order valence-corrected chi connectivity index (χ2v) is 3.66. The normalized spacial score (nSPS) is 27.3. The number of aliphatic hydroxyl groups is 1. The highest BCUT2D eigenvalue weighted by Crippen LogP contribution is 2.22. The number of amides is 1. The lowest BCUT2D eigenvalue weighted by atomic mass is 9.86. The number of aliphatic hydroxyl groups excluding tert-OH is 1. The molecule has 0 heterocycles. The minimum atomic E-state index is -0.117. The van der Waals surface area contributed by atoms with Crippen LogP contribution in [-0.2, 0) is 9.63 Å². The fourth-order valence-electron chi connectivity index (χ4n) is 1.72. The molecule has 0 aromatic carbocycles. The van der Waals surface area contributed by atoms with E-state index in [0.717, 1.165) is 25.7 Å². The van der Waals surface area contributed by atoms with E-state index in [9.17, 15) is 4.79 Å². The van der Waals surface area contributed by atoms with Gasteiger partial charge in [-0.2, -0.15) is 0 Å². The number of hydroxylamine groups is 1. The van der Waals surface area contributed by atoms with Crippen LogP contribution in [0.15, 0.2) is 0 Å². The van der Waals surface area contributed by atoms with Gasteiger partial charge < -0.3 is 10.8 Å². The molecule has 0 aliphatic heterocycles. The lowest BCUT2D eigenvalue weighted by Crippen LogP contribution is -2.38. The molecule has 0 saturated heterocycles. The van der Waals surface area contributed by atoms with Crippen LogP contribution >= 0.6 is 0 Å². The second kappa shape index (κ2) is 5.95. The van der Waals surface area contributed by atoms with E-state index in [-0.39, 0.29) is 31.1 Å². The first-order valence-electron chi connectivity index (χ1n) is 5.02. The third-order valence-electron chi connectivity index (χ3n) is 2.45. The third-order valence-corrected chi connectivity index (χ3v) is 2.45. The zero-order valence-corrected chi connectivity index (χ0v) is 8.24. The van der Waals surface area contributed by atoms with Crippen molar-refractivity contribution in [3.63, 3.8) is 0 Å². The maximum absolute atomic E-state index is 11.4. The van der Waals surface area contributed by atoms with Gasteiger partial charge in [0, 0.05) is 12.0 Å². The molecule has 0 radical (unpaired) electrons. The predicted octanol–water partition coefficient (Wildman–Crippen LogP) is -0.456. The van der Waals surface area contributed by atoms with Crippen LogP contribution < -0.4 is 11.2 Å². The van der Waals surface area contributed by atoms with E-state index < -0.39 is 0 Å². The molecule has 0 aromatic heterocycles. The van der Waals surface area contributed by atoms with Crippen molar-refractivity contribution < 1.29 is 14.7 Å². The highest BCUT2D eigenvalue weighted by Gasteiger charge is 2.25. The molecule has 82 valence electrons. The van der Waals surface area contributed by atoms with E-state index in [2.05, 4.69) is 5.48 Å². The van der Waals surface area contributed by atoms with Crippen molar-refractivity contribution in [2.24, 2.45) is 11.7 Å². The molecule has 1 saturated carbocycles. The van der Waals surface area contributed by atoms with Gasteiger partial charge >= 0.3 is 0 Å². The fourth-order valence-corrected chi connectivity index (χ4v) is 1.72. The molecule has 0 spiro atoms. The molecule has 1 amide bonds. The van der Waals surface area contributed by atoms with Gasteiger partial charge in [-0.05, 0) is 19.3 Å². The molecule has 0 unspecified atom stereocenters. The van der Waals surface area contributed by atoms with Crippen molar-refractivity contribution >= 4 is 5.91 Å². The predicted molar refractivity (Wildman–Crippen MR) is 51.1 cm³/mol. The SMILES string of the molecule is N[C@H]1CCC[C@@H](C(=O)NOCCO)C1. The van der Waals surface area contributed by atoms with E-state index >= 15 is 0 Å². The average Bonchev–Trinajstić information content (AvgIpc) is 2.18. The first kappa shape index (κ1) is 11.4. The molecule has 0 bridgehead atoms. The Morgan fingerprint density at radius 1 is 1.57 bits per heavy atom. The maximum atomic E-state index is 11.4. The zero-order valence-electron chi connectivity index (χ0n) is 8.24. The van der Waals surface area contributed by atoms with E-state index in [4.69, 9.17) is 15.7 Å². The summed E-state index contributed by atoms with van der Waals surface area (Å²) in [5, 5.41) is 8.44. The van der Waals surface area contributed by atoms with Crippen molar-refractivity contribution in [3.05, 3.63) is 0 Å². The summed E-state index contributed by atoms with van der Waals surface area (Å²) >= 11 is 0. The van der Waals surface area contributed by atoms with Crippen LogP contribution in [-0.4, -0.2) is 30.3 Å². The largest absolute Gasteiger partial charge is 0.394 e. The van der Waals surface area contributed by atoms with Crippen LogP contribution in [0.5, 0.6) is 0 Å². The van der Waals surface area contributed by atoms with Gasteiger partial charge in [-0.3, -0.25) is 9.63 Å². The fraction of sp³-hybridized carbons (Fsp3) is 0.889. The van der Waals surface area contributed by atoms with Crippen molar-refractivity contribution in [1.29, 1.82) is 0 Å². The van der Waals surface area contributed by atoms with Crippen LogP contribution in [0.2, 0.25) is 0 Å². The van der Waals surface area contributed by atoms with Gasteiger partial charge in [-0.1, -0.05) is 6.42 Å². The molecule has 1 aliphatic carbocycles. The van der Waals surface area contributed by atoms with Crippen molar-refractivity contribution in [2.75, 3.05) is 13.2 Å². The van der Waals surface area contributed by atoms with Crippen LogP contribution in [0.1, 0.15) is 25.7 Å². The Hall–Kier alpha value is -0.650. The van der Waals surface area contributed by atoms with E-state index in [1.165, 1.54) is 0 Å². The van der Waals surface area contributed by atoms with Gasteiger partial charge in [0.1, 0.15) is 0 Å². The van der Waals surface area contributed by atoms with Crippen LogP contribution in [0.3, 0.4) is 0 Å². The second-order valence-electron chi connectivity index (χ2n) is 3.66. The summed E-state index contributed by atoms with van der Waals surface area (Å²) in [6.07, 6.45) is 3.61. The van der Waals surface area contributed by atoms with E-state index in [0.29, 0.717) is 0 Å². The van der Waals surface area contributed by atoms with E-state index in [1.807, 2.05) is 0 Å². The Labute approximate surface area is 83.6 Å². The van der Waals surface area contributed by atoms with Gasteiger partial charge in [0.2, 0.25) is 5.91 Å². The molecule has 2 atom stereocenters. The lowest BCUT2D eigenvalue weighted by molar-refractivity contribution is -0.139. The molecular formula is C9H18N2O3. The molecule has 1 aliphatic rings. The van der Waals surface area contributed by atoms with Crippen LogP contribution in [0.4, 0.5) is 0 Å². The van der Waals surface area contributed by atoms with E-state index in [1.54, 1.807) is 0 Å². The zero-order chi connectivity index (χ0) is 10.4. The first-order chi connectivity index (χ1) is 6.74. The summed E-state index contributed by atoms with van der Waals surface area (Å²) in [6.45, 7) is 0.0367. The number of hydrogen-bond donors (Lipinski definition) is 3. The summed E-state index contributed by atoms with van der Waals surface area (Å²) < 4.78 is 0. The van der Waals surface area contributed by atoms with Crippen LogP contribution in [0.25, 0.3) is 0 Å². The Morgan fingerprint density at radius 2 is 2.36 bits per heavy atom. The summed E-state index contributed by atoms with van der Waals surface area (Å²) in [5.74, 6) is -0.147. The Morgan fingerprint density at radius 3 is 3.00 bits per heavy atom. The Balaban J connectivity index is 2.22. The minimum absolute atomic E-state index is 0.0301. The highest BCUT2D eigenvalue weighted by molar-refractivity contribution is 5.77. The minimum Gasteiger partial charge on any atom is -0.394 e. The number of nitrogens with one attached hydrogen (secondary N) is 1. The van der Waals surface area contributed by atoms with Crippen molar-refractivity contribution in [1.82, 2.24) is 5.48 Å². The number of hydrogen-bond acceptors (Lipinski definition) is 4. The molecule has 1 fully saturated rings. The standard InChI is InChI=1S/C9H18N2O3/c10-8-3-1-2-7(6-8)9(13)11-14-5-4-12/h7-8,12H,1-6,10H2,(H,11,13)/t7-,8+/m1/s1. The summed E-state index contributed by atoms with van der Waals surface area (Å²) in [5.41, 5.74) is 8.08. The molecule has 14 heavy (non-hydrogen) atoms. The Bertz CT molecular complexity index is 187. The first-order valence-corrected chi connectivity index (χ1v) is 5.02. The van der Waals surface area contributed by atoms with Gasteiger partial charge in [-0.15, -0.1) is 0 Å². The van der Waals surface area contributed by atoms with Gasteiger partial charge in [-0.25, -0.2) is 5.48 Å². The smallest absolute Gasteiger partial charge is 0.246 e. The van der Waals surface area contributed by atoms with Gasteiger partial charge in [0.25, 0.3) is 0 Å². The average molecular weight is 202 g/mol.